The molecule has 0 fully saturated rings. The number of aryl methyl sites for hydroxylation is 2. The third kappa shape index (κ3) is 7.18. The van der Waals surface area contributed by atoms with Gasteiger partial charge < -0.3 is 30.6 Å². The molecule has 0 aromatic heterocycles. The van der Waals surface area contributed by atoms with E-state index in [2.05, 4.69) is 63.7 Å². The van der Waals surface area contributed by atoms with Crippen LogP contribution in [0.25, 0.3) is 0 Å². The minimum absolute atomic E-state index is 0.0675. The van der Waals surface area contributed by atoms with Crippen LogP contribution >= 0.6 is 63.7 Å². The highest BCUT2D eigenvalue weighted by atomic mass is 79.9. The summed E-state index contributed by atoms with van der Waals surface area (Å²) in [6, 6.07) is 18.8. The summed E-state index contributed by atoms with van der Waals surface area (Å²) in [4.78, 5) is 0. The van der Waals surface area contributed by atoms with E-state index in [0.717, 1.165) is 24.3 Å². The predicted octanol–water partition coefficient (Wildman–Crippen LogP) is 12.1. The summed E-state index contributed by atoms with van der Waals surface area (Å²) in [5.41, 5.74) is -0.179. The molecular formula is C41H28Br4F4O6. The second-order valence-electron chi connectivity index (χ2n) is 13.1. The van der Waals surface area contributed by atoms with E-state index in [1.165, 1.54) is 36.4 Å². The summed E-state index contributed by atoms with van der Waals surface area (Å²) in [6.45, 7) is 3.29. The van der Waals surface area contributed by atoms with Gasteiger partial charge in [-0.15, -0.1) is 0 Å². The summed E-state index contributed by atoms with van der Waals surface area (Å²) in [6.07, 6.45) is 0. The molecule has 0 spiro atoms. The van der Waals surface area contributed by atoms with Crippen LogP contribution in [0.4, 0.5) is 17.6 Å². The van der Waals surface area contributed by atoms with E-state index >= 15 is 17.6 Å². The molecule has 284 valence electrons. The van der Waals surface area contributed by atoms with E-state index in [1.807, 2.05) is 0 Å². The molecule has 0 aliphatic rings. The van der Waals surface area contributed by atoms with Gasteiger partial charge in [0.05, 0.1) is 17.9 Å². The molecule has 0 bridgehead atoms. The minimum Gasteiger partial charge on any atom is -0.508 e. The number of benzene rings is 6. The first kappa shape index (κ1) is 40.4. The van der Waals surface area contributed by atoms with Crippen molar-refractivity contribution in [3.05, 3.63) is 171 Å². The molecule has 6 aromatic carbocycles. The maximum Gasteiger partial charge on any atom is 0.187 e. The van der Waals surface area contributed by atoms with Crippen molar-refractivity contribution in [1.82, 2.24) is 0 Å². The number of hydrogen-bond acceptors (Lipinski definition) is 6. The normalized spacial score (nSPS) is 11.9. The first-order valence-electron chi connectivity index (χ1n) is 16.2. The van der Waals surface area contributed by atoms with Gasteiger partial charge in [0.25, 0.3) is 0 Å². The lowest BCUT2D eigenvalue weighted by molar-refractivity contribution is 0.373. The standard InChI is InChI=1S/C41H28Br4F4O6/c1-17-7-19(3-5-33(17)50)35(20-4-6-34(51)18(2)8-20)41(23-13-25(42)37(52)26(43)14-23,24-15-27(44)38(53)28(45)16-24)36(21-9-29(46)39(54)30(47)10-21)22-11-31(48)40(55)32(49)12-22/h3-16,35-36,50-55H,1-2H3. The summed E-state index contributed by atoms with van der Waals surface area (Å²) in [5, 5.41) is 64.1. The fourth-order valence-corrected chi connectivity index (χ4v) is 9.64. The third-order valence-corrected chi connectivity index (χ3v) is 12.2. The van der Waals surface area contributed by atoms with E-state index in [4.69, 9.17) is 0 Å². The van der Waals surface area contributed by atoms with Gasteiger partial charge in [0.2, 0.25) is 0 Å². The van der Waals surface area contributed by atoms with Crippen LogP contribution in [-0.2, 0) is 5.41 Å². The van der Waals surface area contributed by atoms with Crippen molar-refractivity contribution < 1.29 is 48.2 Å². The smallest absolute Gasteiger partial charge is 0.187 e. The third-order valence-electron chi connectivity index (χ3n) is 9.75. The van der Waals surface area contributed by atoms with Crippen molar-refractivity contribution in [2.24, 2.45) is 0 Å². The van der Waals surface area contributed by atoms with Crippen molar-refractivity contribution in [2.75, 3.05) is 0 Å². The first-order chi connectivity index (χ1) is 25.9. The molecule has 0 aliphatic carbocycles. The number of aromatic hydroxyl groups is 6. The van der Waals surface area contributed by atoms with E-state index < -0.39 is 52.0 Å². The Balaban J connectivity index is 2.00. The summed E-state index contributed by atoms with van der Waals surface area (Å²) in [7, 11) is 0. The molecule has 0 unspecified atom stereocenters. The van der Waals surface area contributed by atoms with Gasteiger partial charge in [-0.25, -0.2) is 17.6 Å². The Hall–Kier alpha value is -4.24. The van der Waals surface area contributed by atoms with Gasteiger partial charge in [0, 0.05) is 17.3 Å². The number of phenolic OH excluding ortho intramolecular Hbond substituents is 6. The zero-order valence-electron chi connectivity index (χ0n) is 28.4. The molecule has 6 N–H and O–H groups in total. The Labute approximate surface area is 345 Å². The van der Waals surface area contributed by atoms with Gasteiger partial charge in [-0.2, -0.15) is 0 Å². The van der Waals surface area contributed by atoms with Crippen LogP contribution in [0, 0.1) is 37.1 Å². The van der Waals surface area contributed by atoms with Gasteiger partial charge in [0.1, 0.15) is 23.0 Å². The summed E-state index contributed by atoms with van der Waals surface area (Å²) >= 11 is 13.7. The molecule has 0 heterocycles. The van der Waals surface area contributed by atoms with Gasteiger partial charge in [0.15, 0.2) is 34.8 Å². The Morgan fingerprint density at radius 2 is 0.709 bits per heavy atom. The van der Waals surface area contributed by atoms with Crippen LogP contribution in [0.2, 0.25) is 0 Å². The fraction of sp³-hybridized carbons (Fsp3) is 0.122. The average Bonchev–Trinajstić information content (AvgIpc) is 3.12. The van der Waals surface area contributed by atoms with Crippen LogP contribution in [0.15, 0.2) is 103 Å². The highest BCUT2D eigenvalue weighted by molar-refractivity contribution is 9.11. The summed E-state index contributed by atoms with van der Waals surface area (Å²) < 4.78 is 63.3. The lowest BCUT2D eigenvalue weighted by Crippen LogP contribution is -2.43. The van der Waals surface area contributed by atoms with Crippen LogP contribution in [0.3, 0.4) is 0 Å². The number of rotatable bonds is 8. The van der Waals surface area contributed by atoms with Crippen molar-refractivity contribution in [3.63, 3.8) is 0 Å². The molecule has 0 saturated heterocycles. The maximum atomic E-state index is 15.7. The molecular weight excluding hydrogens is 984 g/mol. The van der Waals surface area contributed by atoms with Gasteiger partial charge >= 0.3 is 0 Å². The second kappa shape index (κ2) is 15.4. The Morgan fingerprint density at radius 3 is 1.00 bits per heavy atom. The largest absolute Gasteiger partial charge is 0.508 e. The van der Waals surface area contributed by atoms with Gasteiger partial charge in [-0.1, -0.05) is 24.3 Å². The van der Waals surface area contributed by atoms with E-state index in [1.54, 1.807) is 38.1 Å². The van der Waals surface area contributed by atoms with E-state index in [9.17, 15) is 30.6 Å². The molecule has 0 amide bonds. The Kier molecular flexibility index (Phi) is 11.3. The number of phenols is 6. The van der Waals surface area contributed by atoms with Crippen molar-refractivity contribution in [2.45, 2.75) is 31.1 Å². The molecule has 6 rings (SSSR count). The van der Waals surface area contributed by atoms with Crippen LogP contribution < -0.4 is 0 Å². The minimum atomic E-state index is -1.92. The average molecular weight is 1010 g/mol. The molecule has 55 heavy (non-hydrogen) atoms. The zero-order valence-corrected chi connectivity index (χ0v) is 34.8. The zero-order chi connectivity index (χ0) is 40.3. The molecule has 6 aromatic rings. The maximum absolute atomic E-state index is 15.7. The van der Waals surface area contributed by atoms with E-state index in [-0.39, 0.29) is 63.1 Å². The van der Waals surface area contributed by atoms with Crippen LogP contribution in [-0.4, -0.2) is 30.6 Å². The lowest BCUT2D eigenvalue weighted by atomic mass is 9.52. The number of halogens is 8. The van der Waals surface area contributed by atoms with E-state index in [0.29, 0.717) is 22.3 Å². The van der Waals surface area contributed by atoms with Gasteiger partial charge in [-0.3, -0.25) is 0 Å². The molecule has 6 nitrogen and oxygen atoms in total. The van der Waals surface area contributed by atoms with Gasteiger partial charge in [-0.05, 0) is 183 Å². The molecule has 0 saturated carbocycles. The topological polar surface area (TPSA) is 121 Å². The first-order valence-corrected chi connectivity index (χ1v) is 19.4. The molecule has 0 atom stereocenters. The highest BCUT2D eigenvalue weighted by Crippen LogP contribution is 2.61. The fourth-order valence-electron chi connectivity index (χ4n) is 7.27. The monoisotopic (exact) mass is 1010 g/mol. The highest BCUT2D eigenvalue weighted by Gasteiger charge is 2.52. The Bertz CT molecular complexity index is 2250. The summed E-state index contributed by atoms with van der Waals surface area (Å²) in [5.74, 6) is -11.5. The lowest BCUT2D eigenvalue weighted by Gasteiger charge is -2.49. The van der Waals surface area contributed by atoms with Crippen molar-refractivity contribution in [3.8, 4) is 34.5 Å². The molecule has 0 radical (unpaired) electrons. The second-order valence-corrected chi connectivity index (χ2v) is 16.5. The van der Waals surface area contributed by atoms with Crippen LogP contribution in [0.1, 0.15) is 56.3 Å². The van der Waals surface area contributed by atoms with Crippen molar-refractivity contribution >= 4 is 63.7 Å². The molecule has 0 aliphatic heterocycles. The van der Waals surface area contributed by atoms with Crippen molar-refractivity contribution in [1.29, 1.82) is 0 Å². The molecule has 14 heteroatoms. The SMILES string of the molecule is Cc1cc(C(c2ccc(O)c(C)c2)C(c2cc(Br)c(O)c(Br)c2)(c2cc(Br)c(O)c(Br)c2)C(c2cc(F)c(O)c(F)c2)c2cc(F)c(O)c(F)c2)ccc1O. The number of hydrogen-bond donors (Lipinski definition) is 6. The van der Waals surface area contributed by atoms with Crippen LogP contribution in [0.5, 0.6) is 34.5 Å². The Morgan fingerprint density at radius 1 is 0.418 bits per heavy atom. The quantitative estimate of drug-likeness (QED) is 0.0845. The predicted molar refractivity (Wildman–Crippen MR) is 213 cm³/mol.